The molecular formula is C27H24N2O3S. The van der Waals surface area contributed by atoms with Gasteiger partial charge in [-0.1, -0.05) is 60.2 Å². The Morgan fingerprint density at radius 2 is 1.58 bits per heavy atom. The SMILES string of the molecule is Cc1ccc(NS(=O)(=O)c2ccc(NC(=O)/C=C/c3cccc4ccccc34)cc2)c(C)c1. The maximum absolute atomic E-state index is 12.7. The Labute approximate surface area is 193 Å². The molecule has 0 bridgehead atoms. The summed E-state index contributed by atoms with van der Waals surface area (Å²) in [7, 11) is -3.74. The monoisotopic (exact) mass is 456 g/mol. The normalized spacial score (nSPS) is 11.6. The van der Waals surface area contributed by atoms with E-state index in [0.29, 0.717) is 11.4 Å². The van der Waals surface area contributed by atoms with Crippen LogP contribution in [-0.2, 0) is 14.8 Å². The Morgan fingerprint density at radius 3 is 2.33 bits per heavy atom. The van der Waals surface area contributed by atoms with Gasteiger partial charge in [0.15, 0.2) is 0 Å². The highest BCUT2D eigenvalue weighted by Crippen LogP contribution is 2.22. The summed E-state index contributed by atoms with van der Waals surface area (Å²) in [6.07, 6.45) is 3.23. The Hall–Kier alpha value is -3.90. The molecule has 5 nitrogen and oxygen atoms in total. The first-order valence-electron chi connectivity index (χ1n) is 10.5. The number of amides is 1. The molecule has 0 aromatic heterocycles. The molecule has 0 aliphatic rings. The highest BCUT2D eigenvalue weighted by Gasteiger charge is 2.15. The molecule has 0 aliphatic carbocycles. The van der Waals surface area contributed by atoms with Gasteiger partial charge in [-0.25, -0.2) is 8.42 Å². The second-order valence-corrected chi connectivity index (χ2v) is 9.52. The molecule has 0 saturated carbocycles. The van der Waals surface area contributed by atoms with Crippen LogP contribution >= 0.6 is 0 Å². The standard InChI is InChI=1S/C27H24N2O3S/c1-19-10-16-26(20(2)18-19)29-33(31,32)24-14-12-23(13-15-24)28-27(30)17-11-22-8-5-7-21-6-3-4-9-25(21)22/h3-18,29H,1-2H3,(H,28,30)/b17-11+. The summed E-state index contributed by atoms with van der Waals surface area (Å²) in [5.74, 6) is -0.299. The molecule has 0 unspecified atom stereocenters. The maximum Gasteiger partial charge on any atom is 0.261 e. The summed E-state index contributed by atoms with van der Waals surface area (Å²) in [4.78, 5) is 12.5. The third kappa shape index (κ3) is 5.30. The zero-order chi connectivity index (χ0) is 23.4. The van der Waals surface area contributed by atoms with Gasteiger partial charge in [0, 0.05) is 11.8 Å². The van der Waals surface area contributed by atoms with E-state index in [4.69, 9.17) is 0 Å². The average Bonchev–Trinajstić information content (AvgIpc) is 2.80. The number of carbonyl (C=O) groups excluding carboxylic acids is 1. The number of aryl methyl sites for hydroxylation is 2. The predicted molar refractivity (Wildman–Crippen MR) is 135 cm³/mol. The molecule has 0 fully saturated rings. The minimum Gasteiger partial charge on any atom is -0.323 e. The van der Waals surface area contributed by atoms with Gasteiger partial charge in [0.2, 0.25) is 5.91 Å². The number of benzene rings is 4. The third-order valence-electron chi connectivity index (χ3n) is 5.30. The van der Waals surface area contributed by atoms with E-state index >= 15 is 0 Å². The van der Waals surface area contributed by atoms with Crippen molar-refractivity contribution in [2.24, 2.45) is 0 Å². The number of hydrogen-bond donors (Lipinski definition) is 2. The number of fused-ring (bicyclic) bond motifs is 1. The van der Waals surface area contributed by atoms with Gasteiger partial charge >= 0.3 is 0 Å². The number of anilines is 2. The Bertz CT molecular complexity index is 1450. The number of hydrogen-bond acceptors (Lipinski definition) is 3. The fourth-order valence-corrected chi connectivity index (χ4v) is 4.73. The predicted octanol–water partition coefficient (Wildman–Crippen LogP) is 5.91. The quantitative estimate of drug-likeness (QED) is 0.354. The first kappa shape index (κ1) is 22.3. The highest BCUT2D eigenvalue weighted by molar-refractivity contribution is 7.92. The zero-order valence-electron chi connectivity index (χ0n) is 18.4. The van der Waals surface area contributed by atoms with Crippen molar-refractivity contribution >= 4 is 44.2 Å². The molecular weight excluding hydrogens is 432 g/mol. The molecule has 0 aliphatic heterocycles. The van der Waals surface area contributed by atoms with Gasteiger partial charge in [-0.15, -0.1) is 0 Å². The lowest BCUT2D eigenvalue weighted by atomic mass is 10.0. The van der Waals surface area contributed by atoms with E-state index in [0.717, 1.165) is 27.5 Å². The van der Waals surface area contributed by atoms with E-state index in [2.05, 4.69) is 10.0 Å². The number of nitrogens with one attached hydrogen (secondary N) is 2. The fourth-order valence-electron chi connectivity index (χ4n) is 3.59. The molecule has 2 N–H and O–H groups in total. The summed E-state index contributed by atoms with van der Waals surface area (Å²) < 4.78 is 28.1. The van der Waals surface area contributed by atoms with Crippen LogP contribution in [0.3, 0.4) is 0 Å². The smallest absolute Gasteiger partial charge is 0.261 e. The van der Waals surface area contributed by atoms with Gasteiger partial charge in [0.05, 0.1) is 10.6 Å². The molecule has 0 heterocycles. The van der Waals surface area contributed by atoms with Crippen LogP contribution in [0.25, 0.3) is 16.8 Å². The first-order valence-corrected chi connectivity index (χ1v) is 12.0. The summed E-state index contributed by atoms with van der Waals surface area (Å²) in [6, 6.07) is 25.5. The molecule has 166 valence electrons. The van der Waals surface area contributed by atoms with E-state index in [9.17, 15) is 13.2 Å². The molecule has 6 heteroatoms. The molecule has 1 amide bonds. The first-order chi connectivity index (χ1) is 15.8. The lowest BCUT2D eigenvalue weighted by molar-refractivity contribution is -0.111. The molecule has 4 aromatic carbocycles. The van der Waals surface area contributed by atoms with Crippen molar-refractivity contribution in [1.82, 2.24) is 0 Å². The molecule has 0 radical (unpaired) electrons. The van der Waals surface area contributed by atoms with Gasteiger partial charge in [-0.05, 0) is 72.2 Å². The summed E-state index contributed by atoms with van der Waals surface area (Å²) in [5.41, 5.74) is 3.90. The van der Waals surface area contributed by atoms with Gasteiger partial charge in [-0.3, -0.25) is 9.52 Å². The fraction of sp³-hybridized carbons (Fsp3) is 0.0741. The van der Waals surface area contributed by atoms with E-state index in [1.54, 1.807) is 24.3 Å². The molecule has 4 aromatic rings. The highest BCUT2D eigenvalue weighted by atomic mass is 32.2. The van der Waals surface area contributed by atoms with E-state index in [1.165, 1.54) is 18.2 Å². The molecule has 0 saturated heterocycles. The van der Waals surface area contributed by atoms with Crippen molar-refractivity contribution in [2.75, 3.05) is 10.0 Å². The van der Waals surface area contributed by atoms with Crippen LogP contribution in [0.1, 0.15) is 16.7 Å². The van der Waals surface area contributed by atoms with Crippen molar-refractivity contribution in [3.63, 3.8) is 0 Å². The van der Waals surface area contributed by atoms with Crippen LogP contribution < -0.4 is 10.0 Å². The van der Waals surface area contributed by atoms with Crippen molar-refractivity contribution in [2.45, 2.75) is 18.7 Å². The Kier molecular flexibility index (Phi) is 6.29. The lowest BCUT2D eigenvalue weighted by Crippen LogP contribution is -2.14. The van der Waals surface area contributed by atoms with Crippen LogP contribution in [0.4, 0.5) is 11.4 Å². The van der Waals surface area contributed by atoms with Crippen molar-refractivity contribution < 1.29 is 13.2 Å². The minimum absolute atomic E-state index is 0.117. The Balaban J connectivity index is 1.44. The summed E-state index contributed by atoms with van der Waals surface area (Å²) in [6.45, 7) is 3.81. The summed E-state index contributed by atoms with van der Waals surface area (Å²) in [5, 5.41) is 4.93. The largest absolute Gasteiger partial charge is 0.323 e. The van der Waals surface area contributed by atoms with E-state index < -0.39 is 10.0 Å². The number of sulfonamides is 1. The second-order valence-electron chi connectivity index (χ2n) is 7.84. The number of rotatable bonds is 6. The van der Waals surface area contributed by atoms with Crippen LogP contribution in [0, 0.1) is 13.8 Å². The molecule has 0 spiro atoms. The zero-order valence-corrected chi connectivity index (χ0v) is 19.2. The molecule has 0 atom stereocenters. The van der Waals surface area contributed by atoms with Gasteiger partial charge in [0.1, 0.15) is 0 Å². The van der Waals surface area contributed by atoms with E-state index in [1.807, 2.05) is 68.4 Å². The summed E-state index contributed by atoms with van der Waals surface area (Å²) >= 11 is 0. The van der Waals surface area contributed by atoms with Gasteiger partial charge in [0.25, 0.3) is 10.0 Å². The van der Waals surface area contributed by atoms with Crippen LogP contribution in [0.15, 0.2) is 95.9 Å². The second kappa shape index (κ2) is 9.30. The van der Waals surface area contributed by atoms with Crippen LogP contribution in [0.2, 0.25) is 0 Å². The van der Waals surface area contributed by atoms with Crippen LogP contribution in [-0.4, -0.2) is 14.3 Å². The minimum atomic E-state index is -3.74. The third-order valence-corrected chi connectivity index (χ3v) is 6.68. The van der Waals surface area contributed by atoms with Crippen LogP contribution in [0.5, 0.6) is 0 Å². The molecule has 33 heavy (non-hydrogen) atoms. The topological polar surface area (TPSA) is 75.3 Å². The lowest BCUT2D eigenvalue weighted by Gasteiger charge is -2.11. The molecule has 4 rings (SSSR count). The number of carbonyl (C=O) groups is 1. The van der Waals surface area contributed by atoms with Gasteiger partial charge in [-0.2, -0.15) is 0 Å². The average molecular weight is 457 g/mol. The Morgan fingerprint density at radius 1 is 0.848 bits per heavy atom. The van der Waals surface area contributed by atoms with Crippen molar-refractivity contribution in [1.29, 1.82) is 0 Å². The van der Waals surface area contributed by atoms with Gasteiger partial charge < -0.3 is 5.32 Å². The van der Waals surface area contributed by atoms with Crippen molar-refractivity contribution in [3.05, 3.63) is 108 Å². The van der Waals surface area contributed by atoms with E-state index in [-0.39, 0.29) is 10.8 Å². The maximum atomic E-state index is 12.7. The van der Waals surface area contributed by atoms with Crippen molar-refractivity contribution in [3.8, 4) is 0 Å².